The van der Waals surface area contributed by atoms with E-state index in [9.17, 15) is 0 Å². The summed E-state index contributed by atoms with van der Waals surface area (Å²) in [5.74, 6) is 2.43. The Morgan fingerprint density at radius 2 is 1.92 bits per heavy atom. The second-order valence-corrected chi connectivity index (χ2v) is 6.18. The largest absolute Gasteiger partial charge is 0.377 e. The highest BCUT2D eigenvalue weighted by Gasteiger charge is 2.24. The van der Waals surface area contributed by atoms with Gasteiger partial charge < -0.3 is 14.8 Å². The molecule has 1 fully saturated rings. The van der Waals surface area contributed by atoms with Gasteiger partial charge in [-0.15, -0.1) is 10.2 Å². The summed E-state index contributed by atoms with van der Waals surface area (Å²) < 4.78 is 2.01. The fourth-order valence-electron chi connectivity index (χ4n) is 2.53. The van der Waals surface area contributed by atoms with Crippen molar-refractivity contribution in [2.24, 2.45) is 13.0 Å². The van der Waals surface area contributed by atoms with Crippen LogP contribution in [0.2, 0.25) is 0 Å². The van der Waals surface area contributed by atoms with E-state index < -0.39 is 0 Å². The molecule has 5 nitrogen and oxygen atoms in total. The Morgan fingerprint density at radius 3 is 2.42 bits per heavy atom. The quantitative estimate of drug-likeness (QED) is 0.893. The average molecular weight is 327 g/mol. The summed E-state index contributed by atoms with van der Waals surface area (Å²) in [5.41, 5.74) is 4.38. The lowest BCUT2D eigenvalue weighted by Crippen LogP contribution is -2.12. The van der Waals surface area contributed by atoms with Crippen molar-refractivity contribution in [1.82, 2.24) is 14.8 Å². The zero-order valence-corrected chi connectivity index (χ0v) is 15.7. The topological polar surface area (TPSA) is 46.0 Å². The van der Waals surface area contributed by atoms with Gasteiger partial charge in [-0.1, -0.05) is 20.4 Å². The minimum atomic E-state index is 0.642. The van der Waals surface area contributed by atoms with Crippen molar-refractivity contribution in [1.29, 1.82) is 0 Å². The zero-order chi connectivity index (χ0) is 17.9. The Morgan fingerprint density at radius 1 is 1.25 bits per heavy atom. The third-order valence-electron chi connectivity index (χ3n) is 4.19. The molecule has 1 saturated carbocycles. The van der Waals surface area contributed by atoms with Crippen LogP contribution < -0.4 is 10.2 Å². The molecule has 1 heterocycles. The fourth-order valence-corrected chi connectivity index (χ4v) is 2.53. The molecule has 0 unspecified atom stereocenters. The summed E-state index contributed by atoms with van der Waals surface area (Å²) in [6.45, 7) is 10.1. The molecule has 0 saturated heterocycles. The van der Waals surface area contributed by atoms with E-state index in [4.69, 9.17) is 0 Å². The number of aryl methyl sites for hydroxylation is 1. The summed E-state index contributed by atoms with van der Waals surface area (Å²) >= 11 is 0. The lowest BCUT2D eigenvalue weighted by Gasteiger charge is -2.19. The molecule has 130 valence electrons. The first kappa shape index (κ1) is 18.0. The Kier molecular flexibility index (Phi) is 5.65. The van der Waals surface area contributed by atoms with Crippen LogP contribution in [0.3, 0.4) is 0 Å². The molecule has 0 radical (unpaired) electrons. The second-order valence-electron chi connectivity index (χ2n) is 6.18. The molecule has 3 rings (SSSR count). The highest BCUT2D eigenvalue weighted by atomic mass is 15.3. The summed E-state index contributed by atoms with van der Waals surface area (Å²) in [7, 11) is 6.08. The maximum Gasteiger partial charge on any atom is 0.165 e. The molecular weight excluding hydrogens is 298 g/mol. The van der Waals surface area contributed by atoms with Gasteiger partial charge in [0.25, 0.3) is 0 Å². The number of benzene rings is 1. The van der Waals surface area contributed by atoms with E-state index in [1.807, 2.05) is 46.5 Å². The van der Waals surface area contributed by atoms with Crippen molar-refractivity contribution in [3.63, 3.8) is 0 Å². The Bertz CT molecular complexity index is 711. The molecule has 0 aliphatic heterocycles. The van der Waals surface area contributed by atoms with Gasteiger partial charge in [0, 0.05) is 43.8 Å². The van der Waals surface area contributed by atoms with E-state index >= 15 is 0 Å². The first-order valence-electron chi connectivity index (χ1n) is 8.61. The maximum atomic E-state index is 4.31. The predicted octanol–water partition coefficient (Wildman–Crippen LogP) is 4.22. The number of nitrogens with zero attached hydrogens (tertiary/aromatic N) is 4. The van der Waals surface area contributed by atoms with Gasteiger partial charge in [-0.3, -0.25) is 0 Å². The number of rotatable bonds is 5. The van der Waals surface area contributed by atoms with Crippen LogP contribution in [-0.2, 0) is 7.05 Å². The van der Waals surface area contributed by atoms with Crippen LogP contribution in [0.4, 0.5) is 11.4 Å². The molecular formula is C19H29N5. The Labute approximate surface area is 145 Å². The number of hydrogen-bond donors (Lipinski definition) is 1. The van der Waals surface area contributed by atoms with Gasteiger partial charge in [0.1, 0.15) is 5.82 Å². The number of nitrogens with one attached hydrogen (secondary N) is 1. The zero-order valence-electron chi connectivity index (χ0n) is 15.7. The number of hydrogen-bond acceptors (Lipinski definition) is 4. The first-order chi connectivity index (χ1) is 11.5. The molecule has 1 aromatic carbocycles. The predicted molar refractivity (Wildman–Crippen MR) is 102 cm³/mol. The van der Waals surface area contributed by atoms with Crippen molar-refractivity contribution in [2.75, 3.05) is 24.3 Å². The SMILES string of the molecule is C=C(Nc1ccc(-c2nnc(C)n2C)c(N(C)C)c1)C1CC1.CC. The van der Waals surface area contributed by atoms with E-state index in [-0.39, 0.29) is 0 Å². The average Bonchev–Trinajstić information content (AvgIpc) is 3.37. The van der Waals surface area contributed by atoms with Gasteiger partial charge in [0.15, 0.2) is 5.82 Å². The van der Waals surface area contributed by atoms with Crippen molar-refractivity contribution in [3.8, 4) is 11.4 Å². The lowest BCUT2D eigenvalue weighted by molar-refractivity contribution is 0.864. The fraction of sp³-hybridized carbons (Fsp3) is 0.474. The molecule has 1 N–H and O–H groups in total. The van der Waals surface area contributed by atoms with Crippen LogP contribution in [0, 0.1) is 12.8 Å². The van der Waals surface area contributed by atoms with Crippen molar-refractivity contribution in [2.45, 2.75) is 33.6 Å². The van der Waals surface area contributed by atoms with Crippen molar-refractivity contribution < 1.29 is 0 Å². The third kappa shape index (κ3) is 3.78. The smallest absolute Gasteiger partial charge is 0.165 e. The summed E-state index contributed by atoms with van der Waals surface area (Å²) in [6, 6.07) is 6.33. The van der Waals surface area contributed by atoms with E-state index in [1.165, 1.54) is 12.8 Å². The number of anilines is 2. The van der Waals surface area contributed by atoms with Crippen LogP contribution in [0.5, 0.6) is 0 Å². The van der Waals surface area contributed by atoms with E-state index in [0.717, 1.165) is 34.3 Å². The van der Waals surface area contributed by atoms with Gasteiger partial charge in [-0.05, 0) is 43.9 Å². The maximum absolute atomic E-state index is 4.31. The minimum absolute atomic E-state index is 0.642. The molecule has 0 amide bonds. The van der Waals surface area contributed by atoms with Gasteiger partial charge in [-0.25, -0.2) is 0 Å². The third-order valence-corrected chi connectivity index (χ3v) is 4.19. The summed E-state index contributed by atoms with van der Waals surface area (Å²) in [5, 5.41) is 11.9. The minimum Gasteiger partial charge on any atom is -0.377 e. The van der Waals surface area contributed by atoms with E-state index in [1.54, 1.807) is 0 Å². The normalized spacial score (nSPS) is 13.1. The molecule has 0 atom stereocenters. The summed E-state index contributed by atoms with van der Waals surface area (Å²) in [6.07, 6.45) is 2.51. The molecule has 2 aromatic rings. The van der Waals surface area contributed by atoms with Crippen LogP contribution in [0.1, 0.15) is 32.5 Å². The van der Waals surface area contributed by atoms with Gasteiger partial charge in [0.05, 0.1) is 0 Å². The molecule has 1 aliphatic rings. The molecule has 1 aromatic heterocycles. The van der Waals surface area contributed by atoms with Crippen molar-refractivity contribution >= 4 is 11.4 Å². The highest BCUT2D eigenvalue weighted by molar-refractivity contribution is 5.78. The van der Waals surface area contributed by atoms with Crippen LogP contribution in [0.15, 0.2) is 30.5 Å². The molecule has 5 heteroatoms. The van der Waals surface area contributed by atoms with E-state index in [2.05, 4.69) is 45.2 Å². The van der Waals surface area contributed by atoms with Crippen LogP contribution in [0.25, 0.3) is 11.4 Å². The molecule has 0 bridgehead atoms. The number of aromatic nitrogens is 3. The van der Waals surface area contributed by atoms with Crippen LogP contribution in [-0.4, -0.2) is 28.9 Å². The summed E-state index contributed by atoms with van der Waals surface area (Å²) in [4.78, 5) is 2.10. The van der Waals surface area contributed by atoms with Crippen LogP contribution >= 0.6 is 0 Å². The molecule has 1 aliphatic carbocycles. The first-order valence-corrected chi connectivity index (χ1v) is 8.61. The lowest BCUT2D eigenvalue weighted by atomic mass is 10.1. The van der Waals surface area contributed by atoms with Crippen molar-refractivity contribution in [3.05, 3.63) is 36.3 Å². The molecule has 0 spiro atoms. The van der Waals surface area contributed by atoms with E-state index in [0.29, 0.717) is 5.92 Å². The number of allylic oxidation sites excluding steroid dienone is 1. The van der Waals surface area contributed by atoms with Gasteiger partial charge in [0.2, 0.25) is 0 Å². The van der Waals surface area contributed by atoms with Gasteiger partial charge >= 0.3 is 0 Å². The van der Waals surface area contributed by atoms with Gasteiger partial charge in [-0.2, -0.15) is 0 Å². The standard InChI is InChI=1S/C17H23N5.C2H6/c1-11(13-6-7-13)18-14-8-9-15(16(10-14)21(3)4)17-20-19-12(2)22(17)5;1-2/h8-10,13,18H,1,6-7H2,2-5H3;1-2H3. The Hall–Kier alpha value is -2.30. The molecule has 24 heavy (non-hydrogen) atoms. The monoisotopic (exact) mass is 327 g/mol. The highest BCUT2D eigenvalue weighted by Crippen LogP contribution is 2.37. The Balaban J connectivity index is 0.00000100. The second kappa shape index (κ2) is 7.51.